The number of hydrogen-bond acceptors (Lipinski definition) is 3. The molecule has 0 aliphatic heterocycles. The normalized spacial score (nSPS) is 11.0. The van der Waals surface area contributed by atoms with Gasteiger partial charge in [0.2, 0.25) is 5.91 Å². The minimum atomic E-state index is -0.544. The molecular formula is C18H17ClN2O3. The van der Waals surface area contributed by atoms with Gasteiger partial charge in [-0.15, -0.1) is 0 Å². The van der Waals surface area contributed by atoms with E-state index < -0.39 is 10.8 Å². The van der Waals surface area contributed by atoms with Crippen LogP contribution in [0, 0.1) is 10.1 Å². The van der Waals surface area contributed by atoms with Crippen molar-refractivity contribution >= 4 is 35.0 Å². The highest BCUT2D eigenvalue weighted by atomic mass is 35.5. The summed E-state index contributed by atoms with van der Waals surface area (Å²) < 4.78 is 0. The quantitative estimate of drug-likeness (QED) is 0.470. The molecule has 0 saturated heterocycles. The molecule has 2 rings (SSSR count). The maximum Gasteiger partial charge on any atom is 0.271 e. The Hall–Kier alpha value is -2.66. The molecule has 0 bridgehead atoms. The van der Waals surface area contributed by atoms with Crippen LogP contribution in [0.5, 0.6) is 0 Å². The van der Waals surface area contributed by atoms with Crippen molar-refractivity contribution in [3.8, 4) is 0 Å². The Morgan fingerprint density at radius 1 is 1.21 bits per heavy atom. The molecule has 0 aliphatic rings. The van der Waals surface area contributed by atoms with Gasteiger partial charge < -0.3 is 5.32 Å². The monoisotopic (exact) mass is 344 g/mol. The fourth-order valence-electron chi connectivity index (χ4n) is 2.06. The van der Waals surface area contributed by atoms with Gasteiger partial charge in [0.15, 0.2) is 0 Å². The molecule has 24 heavy (non-hydrogen) atoms. The highest BCUT2D eigenvalue weighted by Crippen LogP contribution is 2.26. The summed E-state index contributed by atoms with van der Waals surface area (Å²) in [5.41, 5.74) is 2.18. The van der Waals surface area contributed by atoms with Crippen LogP contribution < -0.4 is 5.32 Å². The molecule has 1 amide bonds. The number of non-ortho nitro benzene ring substituents is 1. The molecule has 0 radical (unpaired) electrons. The number of nitro groups is 1. The van der Waals surface area contributed by atoms with Crippen molar-refractivity contribution in [2.24, 2.45) is 0 Å². The lowest BCUT2D eigenvalue weighted by Crippen LogP contribution is -2.08. The summed E-state index contributed by atoms with van der Waals surface area (Å²) in [5.74, 6) is 0.0349. The molecule has 2 aromatic rings. The topological polar surface area (TPSA) is 72.2 Å². The van der Waals surface area contributed by atoms with E-state index in [2.05, 4.69) is 19.2 Å². The zero-order valence-corrected chi connectivity index (χ0v) is 14.1. The third-order valence-electron chi connectivity index (χ3n) is 3.45. The molecule has 6 heteroatoms. The lowest BCUT2D eigenvalue weighted by atomic mass is 10.0. The maximum atomic E-state index is 12.0. The van der Waals surface area contributed by atoms with Crippen molar-refractivity contribution in [3.63, 3.8) is 0 Å². The minimum absolute atomic E-state index is 0.136. The summed E-state index contributed by atoms with van der Waals surface area (Å²) in [5, 5.41) is 13.6. The zero-order chi connectivity index (χ0) is 17.7. The fourth-order valence-corrected chi connectivity index (χ4v) is 2.23. The van der Waals surface area contributed by atoms with Crippen LogP contribution in [0.3, 0.4) is 0 Å². The molecule has 1 N–H and O–H groups in total. The van der Waals surface area contributed by atoms with Crippen molar-refractivity contribution in [2.75, 3.05) is 5.32 Å². The van der Waals surface area contributed by atoms with Crippen LogP contribution in [0.4, 0.5) is 11.4 Å². The molecule has 0 fully saturated rings. The Kier molecular flexibility index (Phi) is 5.71. The first-order chi connectivity index (χ1) is 11.4. The number of carbonyl (C=O) groups excluding carboxylic acids is 1. The number of halogens is 1. The molecule has 0 heterocycles. The van der Waals surface area contributed by atoms with Crippen LogP contribution in [0.25, 0.3) is 6.08 Å². The average molecular weight is 345 g/mol. The SMILES string of the molecule is CC(C)c1ccc(/C=C/C(=O)Nc2cc([N+](=O)[O-])ccc2Cl)cc1. The van der Waals surface area contributed by atoms with E-state index in [1.54, 1.807) is 6.08 Å². The van der Waals surface area contributed by atoms with E-state index in [9.17, 15) is 14.9 Å². The lowest BCUT2D eigenvalue weighted by Gasteiger charge is -2.05. The molecule has 0 unspecified atom stereocenters. The third kappa shape index (κ3) is 4.67. The van der Waals surface area contributed by atoms with Gasteiger partial charge in [0.1, 0.15) is 0 Å². The van der Waals surface area contributed by atoms with Gasteiger partial charge >= 0.3 is 0 Å². The second-order valence-corrected chi connectivity index (χ2v) is 5.97. The predicted molar refractivity (Wildman–Crippen MR) is 96.3 cm³/mol. The Labute approximate surface area is 145 Å². The van der Waals surface area contributed by atoms with Gasteiger partial charge in [-0.05, 0) is 29.2 Å². The Morgan fingerprint density at radius 2 is 1.88 bits per heavy atom. The number of hydrogen-bond donors (Lipinski definition) is 1. The number of rotatable bonds is 5. The molecule has 0 saturated carbocycles. The van der Waals surface area contributed by atoms with Crippen LogP contribution in [0.1, 0.15) is 30.9 Å². The first kappa shape index (κ1) is 17.7. The molecule has 0 spiro atoms. The van der Waals surface area contributed by atoms with Gasteiger partial charge in [-0.2, -0.15) is 0 Å². The number of nitrogens with one attached hydrogen (secondary N) is 1. The number of nitrogens with zero attached hydrogens (tertiary/aromatic N) is 1. The molecule has 2 aromatic carbocycles. The van der Waals surface area contributed by atoms with Crippen molar-refractivity contribution in [1.82, 2.24) is 0 Å². The number of amides is 1. The van der Waals surface area contributed by atoms with Gasteiger partial charge in [-0.25, -0.2) is 0 Å². The van der Waals surface area contributed by atoms with E-state index in [-0.39, 0.29) is 16.4 Å². The molecular weight excluding hydrogens is 328 g/mol. The second-order valence-electron chi connectivity index (χ2n) is 5.57. The van der Waals surface area contributed by atoms with E-state index in [0.717, 1.165) is 5.56 Å². The van der Waals surface area contributed by atoms with Gasteiger partial charge in [0, 0.05) is 18.2 Å². The van der Waals surface area contributed by atoms with E-state index in [4.69, 9.17) is 11.6 Å². The van der Waals surface area contributed by atoms with Crippen LogP contribution >= 0.6 is 11.6 Å². The first-order valence-corrected chi connectivity index (χ1v) is 7.77. The number of anilines is 1. The Balaban J connectivity index is 2.07. The number of carbonyl (C=O) groups is 1. The fraction of sp³-hybridized carbons (Fsp3) is 0.167. The summed E-state index contributed by atoms with van der Waals surface area (Å²) in [6.45, 7) is 4.22. The highest BCUT2D eigenvalue weighted by molar-refractivity contribution is 6.34. The van der Waals surface area contributed by atoms with Crippen molar-refractivity contribution in [2.45, 2.75) is 19.8 Å². The largest absolute Gasteiger partial charge is 0.321 e. The number of benzene rings is 2. The smallest absolute Gasteiger partial charge is 0.271 e. The predicted octanol–water partition coefficient (Wildman–Crippen LogP) is 5.02. The van der Waals surface area contributed by atoms with E-state index in [1.165, 1.54) is 29.8 Å². The van der Waals surface area contributed by atoms with Crippen molar-refractivity contribution in [3.05, 3.63) is 74.8 Å². The molecule has 0 aliphatic carbocycles. The van der Waals surface area contributed by atoms with Crippen LogP contribution in [-0.2, 0) is 4.79 Å². The van der Waals surface area contributed by atoms with Crippen LogP contribution in [0.2, 0.25) is 5.02 Å². The Bertz CT molecular complexity index is 783. The second kappa shape index (κ2) is 7.75. The van der Waals surface area contributed by atoms with Crippen LogP contribution in [0.15, 0.2) is 48.5 Å². The van der Waals surface area contributed by atoms with E-state index in [1.807, 2.05) is 24.3 Å². The third-order valence-corrected chi connectivity index (χ3v) is 3.78. The molecule has 124 valence electrons. The van der Waals surface area contributed by atoms with Gasteiger partial charge in [0.05, 0.1) is 15.6 Å². The van der Waals surface area contributed by atoms with Gasteiger partial charge in [-0.1, -0.05) is 49.7 Å². The van der Waals surface area contributed by atoms with E-state index >= 15 is 0 Å². The molecule has 5 nitrogen and oxygen atoms in total. The van der Waals surface area contributed by atoms with Gasteiger partial charge in [-0.3, -0.25) is 14.9 Å². The lowest BCUT2D eigenvalue weighted by molar-refractivity contribution is -0.384. The Morgan fingerprint density at radius 3 is 2.46 bits per heavy atom. The molecule has 0 atom stereocenters. The van der Waals surface area contributed by atoms with Crippen molar-refractivity contribution in [1.29, 1.82) is 0 Å². The summed E-state index contributed by atoms with van der Waals surface area (Å²) in [6.07, 6.45) is 3.03. The van der Waals surface area contributed by atoms with E-state index in [0.29, 0.717) is 5.92 Å². The maximum absolute atomic E-state index is 12.0. The molecule has 0 aromatic heterocycles. The van der Waals surface area contributed by atoms with Gasteiger partial charge in [0.25, 0.3) is 5.69 Å². The average Bonchev–Trinajstić information content (AvgIpc) is 2.55. The summed E-state index contributed by atoms with van der Waals surface area (Å²) >= 11 is 5.95. The highest BCUT2D eigenvalue weighted by Gasteiger charge is 2.11. The van der Waals surface area contributed by atoms with Crippen LogP contribution in [-0.4, -0.2) is 10.8 Å². The minimum Gasteiger partial charge on any atom is -0.321 e. The summed E-state index contributed by atoms with van der Waals surface area (Å²) in [4.78, 5) is 22.2. The first-order valence-electron chi connectivity index (χ1n) is 7.40. The summed E-state index contributed by atoms with van der Waals surface area (Å²) in [6, 6.07) is 11.8. The standard InChI is InChI=1S/C18H17ClN2O3/c1-12(2)14-6-3-13(4-7-14)5-10-18(22)20-17-11-15(21(23)24)8-9-16(17)19/h3-12H,1-2H3,(H,20,22)/b10-5+. The number of nitro benzene ring substituents is 1. The zero-order valence-electron chi connectivity index (χ0n) is 13.3. The van der Waals surface area contributed by atoms with Crippen molar-refractivity contribution < 1.29 is 9.72 Å². The summed E-state index contributed by atoms with van der Waals surface area (Å²) in [7, 11) is 0.